The molecule has 0 heterocycles. The first kappa shape index (κ1) is 15.4. The molecule has 5 nitrogen and oxygen atoms in total. The molecule has 0 saturated carbocycles. The van der Waals surface area contributed by atoms with E-state index < -0.39 is 5.60 Å². The molecule has 19 heavy (non-hydrogen) atoms. The van der Waals surface area contributed by atoms with Crippen LogP contribution < -0.4 is 24.7 Å². The quantitative estimate of drug-likeness (QED) is 0.822. The molecule has 0 radical (unpaired) electrons. The number of benzene rings is 1. The third kappa shape index (κ3) is 3.44. The average molecular weight is 269 g/mol. The van der Waals surface area contributed by atoms with Crippen molar-refractivity contribution in [2.45, 2.75) is 25.9 Å². The fraction of sp³-hybridized carbons (Fsp3) is 0.571. The van der Waals surface area contributed by atoms with E-state index in [1.807, 2.05) is 13.8 Å². The van der Waals surface area contributed by atoms with E-state index in [9.17, 15) is 0 Å². The Morgan fingerprint density at radius 1 is 1.05 bits per heavy atom. The predicted octanol–water partition coefficient (Wildman–Crippen LogP) is 2.22. The van der Waals surface area contributed by atoms with Crippen molar-refractivity contribution < 1.29 is 18.9 Å². The van der Waals surface area contributed by atoms with Gasteiger partial charge >= 0.3 is 0 Å². The summed E-state index contributed by atoms with van der Waals surface area (Å²) < 4.78 is 21.8. The summed E-state index contributed by atoms with van der Waals surface area (Å²) in [5.74, 6) is 2.31. The van der Waals surface area contributed by atoms with Crippen LogP contribution in [0.1, 0.15) is 20.3 Å². The van der Waals surface area contributed by atoms with Gasteiger partial charge in [-0.05, 0) is 13.3 Å². The SMILES string of the molecule is CCC(C)(CN)Oc1cc(OC)c(OC)c(OC)c1. The molecule has 108 valence electrons. The first-order valence-electron chi connectivity index (χ1n) is 6.22. The molecule has 0 aliphatic rings. The summed E-state index contributed by atoms with van der Waals surface area (Å²) in [6, 6.07) is 3.54. The van der Waals surface area contributed by atoms with Gasteiger partial charge in [0, 0.05) is 18.7 Å². The summed E-state index contributed by atoms with van der Waals surface area (Å²) in [7, 11) is 4.71. The van der Waals surface area contributed by atoms with Crippen molar-refractivity contribution >= 4 is 0 Å². The zero-order valence-electron chi connectivity index (χ0n) is 12.3. The molecule has 5 heteroatoms. The molecule has 0 bridgehead atoms. The van der Waals surface area contributed by atoms with E-state index in [2.05, 4.69) is 0 Å². The van der Waals surface area contributed by atoms with Crippen LogP contribution in [0.5, 0.6) is 23.0 Å². The molecule has 1 unspecified atom stereocenters. The molecule has 1 aromatic carbocycles. The predicted molar refractivity (Wildman–Crippen MR) is 74.5 cm³/mol. The minimum atomic E-state index is -0.412. The highest BCUT2D eigenvalue weighted by atomic mass is 16.5. The molecule has 0 amide bonds. The number of nitrogens with two attached hydrogens (primary N) is 1. The third-order valence-corrected chi connectivity index (χ3v) is 3.18. The fourth-order valence-electron chi connectivity index (χ4n) is 1.66. The van der Waals surface area contributed by atoms with Crippen LogP contribution in [-0.4, -0.2) is 33.5 Å². The summed E-state index contributed by atoms with van der Waals surface area (Å²) in [5.41, 5.74) is 5.34. The van der Waals surface area contributed by atoms with Gasteiger partial charge in [-0.25, -0.2) is 0 Å². The minimum Gasteiger partial charge on any atom is -0.493 e. The molecule has 0 aliphatic heterocycles. The number of methoxy groups -OCH3 is 3. The molecule has 1 atom stereocenters. The standard InChI is InChI=1S/C14H23NO4/c1-6-14(2,9-15)19-10-7-11(16-3)13(18-5)12(8-10)17-4/h7-8H,6,9,15H2,1-5H3. The van der Waals surface area contributed by atoms with Gasteiger partial charge in [-0.15, -0.1) is 0 Å². The highest BCUT2D eigenvalue weighted by Gasteiger charge is 2.24. The average Bonchev–Trinajstić information content (AvgIpc) is 2.45. The first-order chi connectivity index (χ1) is 9.03. The van der Waals surface area contributed by atoms with E-state index in [0.29, 0.717) is 29.5 Å². The van der Waals surface area contributed by atoms with Crippen LogP contribution >= 0.6 is 0 Å². The maximum absolute atomic E-state index is 5.94. The molecular weight excluding hydrogens is 246 g/mol. The Labute approximate surface area is 114 Å². The fourth-order valence-corrected chi connectivity index (χ4v) is 1.66. The normalized spacial score (nSPS) is 13.6. The van der Waals surface area contributed by atoms with Crippen molar-refractivity contribution in [2.24, 2.45) is 5.73 Å². The Bertz CT molecular complexity index is 391. The number of hydrogen-bond acceptors (Lipinski definition) is 5. The largest absolute Gasteiger partial charge is 0.493 e. The van der Waals surface area contributed by atoms with Crippen molar-refractivity contribution in [2.75, 3.05) is 27.9 Å². The monoisotopic (exact) mass is 269 g/mol. The summed E-state index contributed by atoms with van der Waals surface area (Å²) >= 11 is 0. The number of hydrogen-bond donors (Lipinski definition) is 1. The minimum absolute atomic E-state index is 0.412. The molecule has 2 N–H and O–H groups in total. The van der Waals surface area contributed by atoms with Crippen molar-refractivity contribution in [3.8, 4) is 23.0 Å². The van der Waals surface area contributed by atoms with Gasteiger partial charge in [0.25, 0.3) is 0 Å². The zero-order chi connectivity index (χ0) is 14.5. The van der Waals surface area contributed by atoms with Crippen LogP contribution in [0.3, 0.4) is 0 Å². The van der Waals surface area contributed by atoms with E-state index in [1.165, 1.54) is 0 Å². The van der Waals surface area contributed by atoms with Crippen molar-refractivity contribution in [3.05, 3.63) is 12.1 Å². The topological polar surface area (TPSA) is 62.9 Å². The van der Waals surface area contributed by atoms with Gasteiger partial charge < -0.3 is 24.7 Å². The van der Waals surface area contributed by atoms with Crippen LogP contribution in [0.25, 0.3) is 0 Å². The Hall–Kier alpha value is -1.62. The number of rotatable bonds is 7. The Balaban J connectivity index is 3.16. The summed E-state index contributed by atoms with van der Waals surface area (Å²) in [5, 5.41) is 0. The first-order valence-corrected chi connectivity index (χ1v) is 6.22. The van der Waals surface area contributed by atoms with Crippen molar-refractivity contribution in [3.63, 3.8) is 0 Å². The highest BCUT2D eigenvalue weighted by Crippen LogP contribution is 2.41. The van der Waals surface area contributed by atoms with Crippen LogP contribution in [0.2, 0.25) is 0 Å². The number of ether oxygens (including phenoxy) is 4. The lowest BCUT2D eigenvalue weighted by Crippen LogP contribution is -2.39. The second kappa shape index (κ2) is 6.52. The van der Waals surface area contributed by atoms with Gasteiger partial charge in [-0.3, -0.25) is 0 Å². The second-order valence-corrected chi connectivity index (χ2v) is 4.47. The summed E-state index contributed by atoms with van der Waals surface area (Å²) in [6.07, 6.45) is 0.806. The lowest BCUT2D eigenvalue weighted by molar-refractivity contribution is 0.0927. The Morgan fingerprint density at radius 3 is 1.89 bits per heavy atom. The van der Waals surface area contributed by atoms with Gasteiger partial charge in [0.15, 0.2) is 11.5 Å². The van der Waals surface area contributed by atoms with Crippen LogP contribution in [0.4, 0.5) is 0 Å². The van der Waals surface area contributed by atoms with E-state index in [-0.39, 0.29) is 0 Å². The van der Waals surface area contributed by atoms with Gasteiger partial charge in [-0.1, -0.05) is 6.92 Å². The second-order valence-electron chi connectivity index (χ2n) is 4.47. The molecule has 0 aliphatic carbocycles. The molecule has 0 aromatic heterocycles. The molecule has 0 spiro atoms. The van der Waals surface area contributed by atoms with Gasteiger partial charge in [0.2, 0.25) is 5.75 Å². The summed E-state index contributed by atoms with van der Waals surface area (Å²) in [4.78, 5) is 0. The van der Waals surface area contributed by atoms with E-state index >= 15 is 0 Å². The summed E-state index contributed by atoms with van der Waals surface area (Å²) in [6.45, 7) is 4.43. The zero-order valence-corrected chi connectivity index (χ0v) is 12.3. The lowest BCUT2D eigenvalue weighted by Gasteiger charge is -2.28. The van der Waals surface area contributed by atoms with Crippen LogP contribution in [-0.2, 0) is 0 Å². The smallest absolute Gasteiger partial charge is 0.203 e. The van der Waals surface area contributed by atoms with E-state index in [4.69, 9.17) is 24.7 Å². The highest BCUT2D eigenvalue weighted by molar-refractivity contribution is 5.56. The van der Waals surface area contributed by atoms with Crippen molar-refractivity contribution in [1.29, 1.82) is 0 Å². The van der Waals surface area contributed by atoms with Crippen molar-refractivity contribution in [1.82, 2.24) is 0 Å². The van der Waals surface area contributed by atoms with Gasteiger partial charge in [0.05, 0.1) is 21.3 Å². The maximum Gasteiger partial charge on any atom is 0.203 e. The van der Waals surface area contributed by atoms with E-state index in [0.717, 1.165) is 6.42 Å². The third-order valence-electron chi connectivity index (χ3n) is 3.18. The molecule has 1 rings (SSSR count). The molecule has 0 fully saturated rings. The lowest BCUT2D eigenvalue weighted by atomic mass is 10.0. The molecule has 0 saturated heterocycles. The van der Waals surface area contributed by atoms with Gasteiger partial charge in [-0.2, -0.15) is 0 Å². The molecule has 1 aromatic rings. The van der Waals surface area contributed by atoms with Gasteiger partial charge in [0.1, 0.15) is 11.4 Å². The van der Waals surface area contributed by atoms with Crippen LogP contribution in [0.15, 0.2) is 12.1 Å². The maximum atomic E-state index is 5.94. The van der Waals surface area contributed by atoms with E-state index in [1.54, 1.807) is 33.5 Å². The Kier molecular flexibility index (Phi) is 5.30. The molecular formula is C14H23NO4. The van der Waals surface area contributed by atoms with Crippen LogP contribution in [0, 0.1) is 0 Å². The Morgan fingerprint density at radius 2 is 1.58 bits per heavy atom.